The minimum absolute atomic E-state index is 0.0952. The van der Waals surface area contributed by atoms with Crippen LogP contribution in [0.2, 0.25) is 0 Å². The fourth-order valence-electron chi connectivity index (χ4n) is 3.69. The van der Waals surface area contributed by atoms with E-state index in [1.165, 1.54) is 0 Å². The number of nitrogens with zero attached hydrogens (tertiary/aromatic N) is 4. The summed E-state index contributed by atoms with van der Waals surface area (Å²) in [5, 5.41) is 7.91. The molecule has 6 nitrogen and oxygen atoms in total. The molecule has 1 aromatic carbocycles. The molecule has 0 radical (unpaired) electrons. The number of hydrogen-bond acceptors (Lipinski definition) is 3. The molecule has 0 saturated heterocycles. The zero-order chi connectivity index (χ0) is 21.5. The van der Waals surface area contributed by atoms with Crippen molar-refractivity contribution >= 4 is 5.91 Å². The van der Waals surface area contributed by atoms with Crippen LogP contribution in [0.5, 0.6) is 0 Å². The Balaban J connectivity index is 1.77. The summed E-state index contributed by atoms with van der Waals surface area (Å²) in [5.74, 6) is -0.0952. The number of nitrogens with one attached hydrogen (secondary N) is 1. The number of para-hydroxylation sites is 1. The fourth-order valence-corrected chi connectivity index (χ4v) is 3.69. The molecule has 3 rings (SSSR count). The third-order valence-corrected chi connectivity index (χ3v) is 5.53. The van der Waals surface area contributed by atoms with Crippen molar-refractivity contribution in [1.82, 2.24) is 24.6 Å². The first-order chi connectivity index (χ1) is 14.5. The average Bonchev–Trinajstić information content (AvgIpc) is 3.38. The van der Waals surface area contributed by atoms with E-state index in [-0.39, 0.29) is 11.9 Å². The first-order valence-electron chi connectivity index (χ1n) is 10.8. The van der Waals surface area contributed by atoms with Crippen molar-refractivity contribution in [2.24, 2.45) is 7.05 Å². The predicted octanol–water partition coefficient (Wildman–Crippen LogP) is 4.12. The van der Waals surface area contributed by atoms with Gasteiger partial charge in [-0.3, -0.25) is 4.79 Å². The lowest BCUT2D eigenvalue weighted by molar-refractivity contribution is 0.0929. The molecule has 1 N–H and O–H groups in total. The SMILES string of the molecule is CCN(CC)CCC[C@@H](C)NC(=O)c1cc(-c2cccn2C)nn1-c1ccccc1. The molecule has 0 bridgehead atoms. The van der Waals surface area contributed by atoms with Crippen LogP contribution in [0.3, 0.4) is 0 Å². The van der Waals surface area contributed by atoms with E-state index in [1.54, 1.807) is 4.68 Å². The van der Waals surface area contributed by atoms with Gasteiger partial charge in [-0.05, 0) is 69.7 Å². The second kappa shape index (κ2) is 10.3. The van der Waals surface area contributed by atoms with Gasteiger partial charge in [0.25, 0.3) is 5.91 Å². The van der Waals surface area contributed by atoms with Gasteiger partial charge < -0.3 is 14.8 Å². The summed E-state index contributed by atoms with van der Waals surface area (Å²) in [6.45, 7) is 9.63. The number of benzene rings is 1. The molecule has 0 spiro atoms. The van der Waals surface area contributed by atoms with Crippen molar-refractivity contribution in [3.63, 3.8) is 0 Å². The van der Waals surface area contributed by atoms with Gasteiger partial charge in [-0.15, -0.1) is 0 Å². The van der Waals surface area contributed by atoms with E-state index in [0.717, 1.165) is 49.6 Å². The molecule has 6 heteroatoms. The van der Waals surface area contributed by atoms with E-state index >= 15 is 0 Å². The highest BCUT2D eigenvalue weighted by Crippen LogP contribution is 2.22. The summed E-state index contributed by atoms with van der Waals surface area (Å²) < 4.78 is 3.75. The minimum atomic E-state index is -0.0952. The Morgan fingerprint density at radius 3 is 2.50 bits per heavy atom. The summed E-state index contributed by atoms with van der Waals surface area (Å²) in [7, 11) is 1.98. The molecule has 1 amide bonds. The molecule has 0 saturated carbocycles. The van der Waals surface area contributed by atoms with Gasteiger partial charge in [0.05, 0.1) is 11.4 Å². The molecule has 2 heterocycles. The van der Waals surface area contributed by atoms with Gasteiger partial charge in [0.2, 0.25) is 0 Å². The quantitative estimate of drug-likeness (QED) is 0.550. The molecular formula is C24H33N5O. The van der Waals surface area contributed by atoms with Crippen LogP contribution in [0, 0.1) is 0 Å². The number of hydrogen-bond donors (Lipinski definition) is 1. The zero-order valence-electron chi connectivity index (χ0n) is 18.5. The van der Waals surface area contributed by atoms with Crippen molar-refractivity contribution in [2.45, 2.75) is 39.7 Å². The van der Waals surface area contributed by atoms with E-state index in [2.05, 4.69) is 31.0 Å². The monoisotopic (exact) mass is 407 g/mol. The van der Waals surface area contributed by atoms with E-state index in [9.17, 15) is 4.79 Å². The third kappa shape index (κ3) is 5.19. The highest BCUT2D eigenvalue weighted by atomic mass is 16.2. The fraction of sp³-hybridized carbons (Fsp3) is 0.417. The average molecular weight is 408 g/mol. The highest BCUT2D eigenvalue weighted by Gasteiger charge is 2.20. The van der Waals surface area contributed by atoms with Crippen LogP contribution in [0.1, 0.15) is 44.1 Å². The standard InChI is InChI=1S/C24H33N5O/c1-5-28(6-2)17-10-12-19(3)25-24(30)23-18-21(22-15-11-16-27(22)4)26-29(23)20-13-8-7-9-14-20/h7-9,11,13-16,18-19H,5-6,10,12,17H2,1-4H3,(H,25,30)/t19-/m1/s1. The number of aryl methyl sites for hydroxylation is 1. The van der Waals surface area contributed by atoms with Crippen molar-refractivity contribution in [1.29, 1.82) is 0 Å². The summed E-state index contributed by atoms with van der Waals surface area (Å²) in [4.78, 5) is 15.5. The summed E-state index contributed by atoms with van der Waals surface area (Å²) in [6, 6.07) is 15.8. The molecule has 0 unspecified atom stereocenters. The zero-order valence-corrected chi connectivity index (χ0v) is 18.5. The van der Waals surface area contributed by atoms with Crippen molar-refractivity contribution in [3.8, 4) is 17.1 Å². The normalized spacial score (nSPS) is 12.3. The smallest absolute Gasteiger partial charge is 0.270 e. The maximum Gasteiger partial charge on any atom is 0.270 e. The third-order valence-electron chi connectivity index (χ3n) is 5.53. The lowest BCUT2D eigenvalue weighted by Crippen LogP contribution is -2.34. The lowest BCUT2D eigenvalue weighted by atomic mass is 10.1. The second-order valence-corrected chi connectivity index (χ2v) is 7.71. The van der Waals surface area contributed by atoms with Crippen LogP contribution in [0.15, 0.2) is 54.7 Å². The van der Waals surface area contributed by atoms with Crippen LogP contribution in [0.4, 0.5) is 0 Å². The molecule has 0 aliphatic rings. The first kappa shape index (κ1) is 21.8. The summed E-state index contributed by atoms with van der Waals surface area (Å²) in [5.41, 5.74) is 3.18. The van der Waals surface area contributed by atoms with Crippen LogP contribution in [0.25, 0.3) is 17.1 Å². The Morgan fingerprint density at radius 2 is 1.87 bits per heavy atom. The Labute approximate surface area is 179 Å². The van der Waals surface area contributed by atoms with Crippen LogP contribution >= 0.6 is 0 Å². The summed E-state index contributed by atoms with van der Waals surface area (Å²) >= 11 is 0. The molecule has 0 aliphatic heterocycles. The number of amides is 1. The summed E-state index contributed by atoms with van der Waals surface area (Å²) in [6.07, 6.45) is 4.00. The minimum Gasteiger partial charge on any atom is -0.349 e. The number of aromatic nitrogens is 3. The van der Waals surface area contributed by atoms with Crippen LogP contribution in [-0.2, 0) is 7.05 Å². The van der Waals surface area contributed by atoms with Gasteiger partial charge in [-0.1, -0.05) is 32.0 Å². The van der Waals surface area contributed by atoms with Crippen molar-refractivity contribution in [2.75, 3.05) is 19.6 Å². The molecule has 0 aliphatic carbocycles. The molecule has 1 atom stereocenters. The predicted molar refractivity (Wildman–Crippen MR) is 122 cm³/mol. The Bertz CT molecular complexity index is 940. The van der Waals surface area contributed by atoms with Gasteiger partial charge in [0.15, 0.2) is 0 Å². The van der Waals surface area contributed by atoms with Gasteiger partial charge in [-0.25, -0.2) is 4.68 Å². The van der Waals surface area contributed by atoms with Gasteiger partial charge >= 0.3 is 0 Å². The van der Waals surface area contributed by atoms with Gasteiger partial charge in [0.1, 0.15) is 11.4 Å². The molecule has 160 valence electrons. The van der Waals surface area contributed by atoms with E-state index < -0.39 is 0 Å². The van der Waals surface area contributed by atoms with E-state index in [1.807, 2.05) is 66.3 Å². The Hall–Kier alpha value is -2.86. The Kier molecular flexibility index (Phi) is 7.46. The van der Waals surface area contributed by atoms with Crippen LogP contribution in [-0.4, -0.2) is 50.8 Å². The number of carbonyl (C=O) groups is 1. The Morgan fingerprint density at radius 1 is 1.13 bits per heavy atom. The molecule has 30 heavy (non-hydrogen) atoms. The topological polar surface area (TPSA) is 55.1 Å². The molecule has 0 fully saturated rings. The first-order valence-corrected chi connectivity index (χ1v) is 10.8. The number of rotatable bonds is 10. The van der Waals surface area contributed by atoms with E-state index in [0.29, 0.717) is 5.69 Å². The van der Waals surface area contributed by atoms with Gasteiger partial charge in [-0.2, -0.15) is 5.10 Å². The second-order valence-electron chi connectivity index (χ2n) is 7.71. The van der Waals surface area contributed by atoms with Crippen molar-refractivity contribution < 1.29 is 4.79 Å². The molecule has 2 aromatic heterocycles. The van der Waals surface area contributed by atoms with E-state index in [4.69, 9.17) is 5.10 Å². The van der Waals surface area contributed by atoms with Gasteiger partial charge in [0, 0.05) is 19.3 Å². The molecule has 3 aromatic rings. The largest absolute Gasteiger partial charge is 0.349 e. The highest BCUT2D eigenvalue weighted by molar-refractivity contribution is 5.94. The molecular weight excluding hydrogens is 374 g/mol. The number of carbonyl (C=O) groups excluding carboxylic acids is 1. The van der Waals surface area contributed by atoms with Crippen LogP contribution < -0.4 is 5.32 Å². The maximum atomic E-state index is 13.1. The van der Waals surface area contributed by atoms with Crippen molar-refractivity contribution in [3.05, 3.63) is 60.4 Å². The maximum absolute atomic E-state index is 13.1. The lowest BCUT2D eigenvalue weighted by Gasteiger charge is -2.20.